The average Bonchev–Trinajstić information content (AvgIpc) is 3.00. The Morgan fingerprint density at radius 2 is 1.67 bits per heavy atom. The summed E-state index contributed by atoms with van der Waals surface area (Å²) in [5, 5.41) is 2.46. The highest BCUT2D eigenvalue weighted by Crippen LogP contribution is 2.13. The van der Waals surface area contributed by atoms with Crippen LogP contribution < -0.4 is 11.0 Å². The molecule has 152 valence electrons. The number of nitrogens with zero attached hydrogens (tertiary/aromatic N) is 3. The van der Waals surface area contributed by atoms with Crippen LogP contribution in [0.4, 0.5) is 8.78 Å². The average molecular weight is 408 g/mol. The second-order valence-electron chi connectivity index (χ2n) is 6.70. The molecule has 0 aliphatic rings. The molecular formula is C22H18F2N4O2. The lowest BCUT2D eigenvalue weighted by Gasteiger charge is -2.07. The summed E-state index contributed by atoms with van der Waals surface area (Å²) in [7, 11) is 0. The van der Waals surface area contributed by atoms with Crippen LogP contribution in [0.1, 0.15) is 15.9 Å². The third-order valence-electron chi connectivity index (χ3n) is 4.77. The van der Waals surface area contributed by atoms with Crippen molar-refractivity contribution < 1.29 is 13.6 Å². The second-order valence-corrected chi connectivity index (χ2v) is 6.70. The predicted octanol–water partition coefficient (Wildman–Crippen LogP) is 2.95. The van der Waals surface area contributed by atoms with Crippen molar-refractivity contribution in [2.75, 3.05) is 6.54 Å². The Bertz CT molecular complexity index is 1250. The maximum absolute atomic E-state index is 13.8. The Morgan fingerprint density at radius 1 is 0.933 bits per heavy atom. The molecule has 0 aliphatic heterocycles. The highest BCUT2D eigenvalue weighted by molar-refractivity contribution is 5.94. The van der Waals surface area contributed by atoms with Gasteiger partial charge in [-0.3, -0.25) is 13.9 Å². The largest absolute Gasteiger partial charge is 0.350 e. The third kappa shape index (κ3) is 3.71. The normalized spacial score (nSPS) is 11.0. The molecule has 0 spiro atoms. The number of nitrogens with one attached hydrogen (secondary N) is 1. The molecule has 4 aromatic rings. The molecule has 6 nitrogen and oxygen atoms in total. The van der Waals surface area contributed by atoms with Crippen molar-refractivity contribution in [3.63, 3.8) is 0 Å². The smallest absolute Gasteiger partial charge is 0.330 e. The SMILES string of the molecule is O=C(NCCn1c(=O)n(Cc2ccccc2)c2cccnc21)c1c(F)cccc1F. The molecule has 0 aliphatic carbocycles. The van der Waals surface area contributed by atoms with Crippen molar-refractivity contribution in [3.05, 3.63) is 100 Å². The van der Waals surface area contributed by atoms with Gasteiger partial charge in [0.05, 0.1) is 12.1 Å². The quantitative estimate of drug-likeness (QED) is 0.533. The summed E-state index contributed by atoms with van der Waals surface area (Å²) in [6.45, 7) is 0.491. The topological polar surface area (TPSA) is 68.9 Å². The van der Waals surface area contributed by atoms with Crippen LogP contribution in [0.3, 0.4) is 0 Å². The molecule has 0 radical (unpaired) electrons. The maximum Gasteiger partial charge on any atom is 0.330 e. The van der Waals surface area contributed by atoms with Gasteiger partial charge >= 0.3 is 5.69 Å². The van der Waals surface area contributed by atoms with E-state index in [0.29, 0.717) is 17.7 Å². The van der Waals surface area contributed by atoms with Gasteiger partial charge in [0, 0.05) is 19.3 Å². The number of carbonyl (C=O) groups is 1. The van der Waals surface area contributed by atoms with Crippen LogP contribution in [-0.4, -0.2) is 26.6 Å². The highest BCUT2D eigenvalue weighted by Gasteiger charge is 2.18. The first-order chi connectivity index (χ1) is 14.6. The van der Waals surface area contributed by atoms with Crippen LogP contribution in [-0.2, 0) is 13.1 Å². The minimum atomic E-state index is -0.939. The van der Waals surface area contributed by atoms with Gasteiger partial charge in [0.2, 0.25) is 0 Å². The summed E-state index contributed by atoms with van der Waals surface area (Å²) in [5.41, 5.74) is 1.18. The summed E-state index contributed by atoms with van der Waals surface area (Å²) < 4.78 is 30.6. The van der Waals surface area contributed by atoms with Crippen molar-refractivity contribution in [2.24, 2.45) is 0 Å². The Labute approximate surface area is 170 Å². The standard InChI is InChI=1S/C22H18F2N4O2/c23-16-8-4-9-17(24)19(16)21(29)26-12-13-27-20-18(10-5-11-25-20)28(22(27)30)14-15-6-2-1-3-7-15/h1-11H,12-14H2,(H,26,29). The Kier molecular flexibility index (Phi) is 5.38. The van der Waals surface area contributed by atoms with Gasteiger partial charge in [-0.15, -0.1) is 0 Å². The molecule has 2 aromatic heterocycles. The molecule has 8 heteroatoms. The number of halogens is 2. The second kappa shape index (κ2) is 8.28. The monoisotopic (exact) mass is 408 g/mol. The lowest BCUT2D eigenvalue weighted by Crippen LogP contribution is -2.32. The molecule has 0 unspecified atom stereocenters. The van der Waals surface area contributed by atoms with Crippen LogP contribution in [0.5, 0.6) is 0 Å². The van der Waals surface area contributed by atoms with E-state index < -0.39 is 23.1 Å². The van der Waals surface area contributed by atoms with Crippen LogP contribution in [0.25, 0.3) is 11.2 Å². The number of rotatable bonds is 6. The third-order valence-corrected chi connectivity index (χ3v) is 4.77. The van der Waals surface area contributed by atoms with E-state index in [0.717, 1.165) is 17.7 Å². The van der Waals surface area contributed by atoms with Gasteiger partial charge in [-0.05, 0) is 29.8 Å². The van der Waals surface area contributed by atoms with Crippen molar-refractivity contribution in [1.82, 2.24) is 19.4 Å². The molecule has 0 atom stereocenters. The fourth-order valence-electron chi connectivity index (χ4n) is 3.35. The van der Waals surface area contributed by atoms with E-state index >= 15 is 0 Å². The lowest BCUT2D eigenvalue weighted by molar-refractivity contribution is 0.0944. The van der Waals surface area contributed by atoms with Gasteiger partial charge in [-0.1, -0.05) is 36.4 Å². The van der Waals surface area contributed by atoms with Gasteiger partial charge in [0.25, 0.3) is 5.91 Å². The minimum Gasteiger partial charge on any atom is -0.350 e. The van der Waals surface area contributed by atoms with E-state index in [1.54, 1.807) is 22.9 Å². The summed E-state index contributed by atoms with van der Waals surface area (Å²) in [4.78, 5) is 29.5. The first-order valence-electron chi connectivity index (χ1n) is 9.36. The summed E-state index contributed by atoms with van der Waals surface area (Å²) >= 11 is 0. The van der Waals surface area contributed by atoms with E-state index in [1.807, 2.05) is 30.3 Å². The number of fused-ring (bicyclic) bond motifs is 1. The first-order valence-corrected chi connectivity index (χ1v) is 9.36. The van der Waals surface area contributed by atoms with Crippen LogP contribution in [0.2, 0.25) is 0 Å². The number of hydrogen-bond donors (Lipinski definition) is 1. The van der Waals surface area contributed by atoms with Gasteiger partial charge in [0.15, 0.2) is 5.65 Å². The molecule has 1 amide bonds. The van der Waals surface area contributed by atoms with E-state index in [-0.39, 0.29) is 18.8 Å². The van der Waals surface area contributed by atoms with E-state index in [1.165, 1.54) is 10.6 Å². The molecule has 0 fully saturated rings. The maximum atomic E-state index is 13.8. The van der Waals surface area contributed by atoms with Gasteiger partial charge < -0.3 is 5.32 Å². The van der Waals surface area contributed by atoms with Gasteiger partial charge in [-0.25, -0.2) is 18.6 Å². The molecule has 0 bridgehead atoms. The first kappa shape index (κ1) is 19.5. The number of carbonyl (C=O) groups excluding carboxylic acids is 1. The summed E-state index contributed by atoms with van der Waals surface area (Å²) in [6.07, 6.45) is 1.58. The van der Waals surface area contributed by atoms with Crippen LogP contribution >= 0.6 is 0 Å². The molecule has 4 rings (SSSR count). The van der Waals surface area contributed by atoms with Crippen molar-refractivity contribution >= 4 is 17.1 Å². The number of hydrogen-bond acceptors (Lipinski definition) is 3. The molecule has 2 aromatic carbocycles. The zero-order valence-electron chi connectivity index (χ0n) is 15.9. The molecule has 2 heterocycles. The Hall–Kier alpha value is -3.81. The fourth-order valence-corrected chi connectivity index (χ4v) is 3.35. The number of imidazole rings is 1. The molecule has 30 heavy (non-hydrogen) atoms. The summed E-state index contributed by atoms with van der Waals surface area (Å²) in [5.74, 6) is -2.75. The van der Waals surface area contributed by atoms with Gasteiger partial charge in [-0.2, -0.15) is 0 Å². The summed E-state index contributed by atoms with van der Waals surface area (Å²) in [6, 6.07) is 16.3. The number of amides is 1. The molecule has 0 saturated heterocycles. The van der Waals surface area contributed by atoms with E-state index in [4.69, 9.17) is 0 Å². The Balaban J connectivity index is 1.57. The van der Waals surface area contributed by atoms with Crippen LogP contribution in [0.15, 0.2) is 71.7 Å². The van der Waals surface area contributed by atoms with Gasteiger partial charge in [0.1, 0.15) is 17.2 Å². The van der Waals surface area contributed by atoms with Crippen molar-refractivity contribution in [2.45, 2.75) is 13.1 Å². The molecular weight excluding hydrogens is 390 g/mol. The number of aromatic nitrogens is 3. The zero-order chi connectivity index (χ0) is 21.1. The lowest BCUT2D eigenvalue weighted by atomic mass is 10.2. The van der Waals surface area contributed by atoms with Crippen molar-refractivity contribution in [1.29, 1.82) is 0 Å². The number of pyridine rings is 1. The minimum absolute atomic E-state index is 0.00748. The van der Waals surface area contributed by atoms with E-state index in [9.17, 15) is 18.4 Å². The Morgan fingerprint density at radius 3 is 2.40 bits per heavy atom. The fraction of sp³-hybridized carbons (Fsp3) is 0.136. The highest BCUT2D eigenvalue weighted by atomic mass is 19.1. The predicted molar refractivity (Wildman–Crippen MR) is 108 cm³/mol. The number of benzene rings is 2. The molecule has 1 N–H and O–H groups in total. The van der Waals surface area contributed by atoms with Crippen LogP contribution in [0, 0.1) is 11.6 Å². The zero-order valence-corrected chi connectivity index (χ0v) is 15.9. The van der Waals surface area contributed by atoms with E-state index in [2.05, 4.69) is 10.3 Å². The molecule has 0 saturated carbocycles. The van der Waals surface area contributed by atoms with Crippen molar-refractivity contribution in [3.8, 4) is 0 Å².